The van der Waals surface area contributed by atoms with Crippen molar-refractivity contribution in [3.63, 3.8) is 0 Å². The van der Waals surface area contributed by atoms with Gasteiger partial charge in [-0.15, -0.1) is 23.2 Å². The second-order valence-corrected chi connectivity index (χ2v) is 5.65. The van der Waals surface area contributed by atoms with Gasteiger partial charge in [0.1, 0.15) is 0 Å². The molecule has 0 aromatic heterocycles. The van der Waals surface area contributed by atoms with Crippen molar-refractivity contribution in [1.82, 2.24) is 0 Å². The zero-order chi connectivity index (χ0) is 7.11. The molecule has 0 aliphatic heterocycles. The summed E-state index contributed by atoms with van der Waals surface area (Å²) in [6, 6.07) is 0. The molecule has 0 nitrogen and oxygen atoms in total. The summed E-state index contributed by atoms with van der Waals surface area (Å²) < 4.78 is 0. The van der Waals surface area contributed by atoms with Gasteiger partial charge in [-0.25, -0.2) is 0 Å². The fourth-order valence-electron chi connectivity index (χ4n) is 0.435. The van der Waals surface area contributed by atoms with Crippen LogP contribution in [0.3, 0.4) is 0 Å². The molecule has 0 fully saturated rings. The molecule has 0 amide bonds. The largest absolute Gasteiger partial charge is 0.127 e. The summed E-state index contributed by atoms with van der Waals surface area (Å²) in [6.45, 7) is 0. The predicted molar refractivity (Wildman–Crippen MR) is 48.6 cm³/mol. The molecule has 9 heavy (non-hydrogen) atoms. The van der Waals surface area contributed by atoms with Gasteiger partial charge in [-0.3, -0.25) is 0 Å². The van der Waals surface area contributed by atoms with Crippen LogP contribution < -0.4 is 0 Å². The average molecular weight is 207 g/mol. The Labute approximate surface area is 72.4 Å². The molecular formula is C5H10Cl3P. The highest BCUT2D eigenvalue weighted by Crippen LogP contribution is 2.41. The van der Waals surface area contributed by atoms with Crippen LogP contribution in [0.2, 0.25) is 0 Å². The fourth-order valence-corrected chi connectivity index (χ4v) is 3.15. The molecule has 0 radical (unpaired) electrons. The maximum atomic E-state index is 5.88. The molecule has 0 aliphatic carbocycles. The van der Waals surface area contributed by atoms with E-state index >= 15 is 0 Å². The summed E-state index contributed by atoms with van der Waals surface area (Å²) in [6.07, 6.45) is 3.02. The van der Waals surface area contributed by atoms with E-state index in [9.17, 15) is 0 Å². The summed E-state index contributed by atoms with van der Waals surface area (Å²) in [5.74, 6) is 1.39. The lowest BCUT2D eigenvalue weighted by Crippen LogP contribution is -1.86. The first-order chi connectivity index (χ1) is 4.31. The lowest BCUT2D eigenvalue weighted by Gasteiger charge is -2.03. The molecule has 56 valence electrons. The standard InChI is InChI=1S/C5H10Cl3P/c6-2-1-4-9(8)5-3-7/h1-5H2. The van der Waals surface area contributed by atoms with Gasteiger partial charge in [-0.05, 0) is 26.0 Å². The molecule has 0 N–H and O–H groups in total. The van der Waals surface area contributed by atoms with E-state index in [1.807, 2.05) is 0 Å². The Kier molecular flexibility index (Phi) is 8.48. The quantitative estimate of drug-likeness (QED) is 0.478. The lowest BCUT2D eigenvalue weighted by molar-refractivity contribution is 1.11. The van der Waals surface area contributed by atoms with E-state index in [1.54, 1.807) is 0 Å². The molecule has 4 heteroatoms. The van der Waals surface area contributed by atoms with E-state index in [-0.39, 0.29) is 7.27 Å². The van der Waals surface area contributed by atoms with Gasteiger partial charge >= 0.3 is 0 Å². The molecule has 0 heterocycles. The van der Waals surface area contributed by atoms with E-state index in [4.69, 9.17) is 34.4 Å². The first-order valence-electron chi connectivity index (χ1n) is 2.84. The van der Waals surface area contributed by atoms with Crippen molar-refractivity contribution in [2.45, 2.75) is 6.42 Å². The van der Waals surface area contributed by atoms with Crippen LogP contribution in [0.4, 0.5) is 0 Å². The van der Waals surface area contributed by atoms with Crippen molar-refractivity contribution >= 4 is 41.7 Å². The van der Waals surface area contributed by atoms with Gasteiger partial charge in [0.25, 0.3) is 0 Å². The number of hydrogen-bond acceptors (Lipinski definition) is 0. The monoisotopic (exact) mass is 206 g/mol. The van der Waals surface area contributed by atoms with E-state index in [0.717, 1.165) is 18.7 Å². The molecular weight excluding hydrogens is 197 g/mol. The van der Waals surface area contributed by atoms with Crippen molar-refractivity contribution < 1.29 is 0 Å². The normalized spacial score (nSPS) is 13.7. The molecule has 0 bridgehead atoms. The highest BCUT2D eigenvalue weighted by Gasteiger charge is 2.00. The SMILES string of the molecule is ClCCCP(Cl)CCCl. The average Bonchev–Trinajstić information content (AvgIpc) is 1.85. The zero-order valence-electron chi connectivity index (χ0n) is 5.12. The van der Waals surface area contributed by atoms with E-state index < -0.39 is 0 Å². The van der Waals surface area contributed by atoms with Crippen LogP contribution in [0.25, 0.3) is 0 Å². The second kappa shape index (κ2) is 7.41. The van der Waals surface area contributed by atoms with Crippen LogP contribution in [0.1, 0.15) is 6.42 Å². The fraction of sp³-hybridized carbons (Fsp3) is 1.00. The molecule has 0 aromatic carbocycles. The summed E-state index contributed by atoms with van der Waals surface area (Å²) in [7, 11) is -0.331. The summed E-state index contributed by atoms with van der Waals surface area (Å²) in [4.78, 5) is 0. The van der Waals surface area contributed by atoms with Crippen molar-refractivity contribution in [3.8, 4) is 0 Å². The highest BCUT2D eigenvalue weighted by atomic mass is 35.7. The van der Waals surface area contributed by atoms with Crippen LogP contribution >= 0.6 is 41.7 Å². The molecule has 0 rings (SSSR count). The summed E-state index contributed by atoms with van der Waals surface area (Å²) in [5, 5.41) is 0. The number of hydrogen-bond donors (Lipinski definition) is 0. The third-order valence-corrected chi connectivity index (χ3v) is 4.11. The van der Waals surface area contributed by atoms with Crippen LogP contribution in [-0.4, -0.2) is 24.1 Å². The van der Waals surface area contributed by atoms with Crippen LogP contribution in [0.15, 0.2) is 0 Å². The molecule has 0 saturated heterocycles. The minimum absolute atomic E-state index is 0.331. The number of alkyl halides is 2. The first-order valence-corrected chi connectivity index (χ1v) is 6.52. The van der Waals surface area contributed by atoms with Gasteiger partial charge in [0, 0.05) is 11.8 Å². The molecule has 0 spiro atoms. The minimum atomic E-state index is -0.331. The van der Waals surface area contributed by atoms with Crippen molar-refractivity contribution in [2.75, 3.05) is 24.1 Å². The Morgan fingerprint density at radius 3 is 2.11 bits per heavy atom. The summed E-state index contributed by atoms with van der Waals surface area (Å²) >= 11 is 16.8. The summed E-state index contributed by atoms with van der Waals surface area (Å²) in [5.41, 5.74) is 0. The highest BCUT2D eigenvalue weighted by molar-refractivity contribution is 7.84. The van der Waals surface area contributed by atoms with Gasteiger partial charge in [0.2, 0.25) is 0 Å². The van der Waals surface area contributed by atoms with Gasteiger partial charge in [0.05, 0.1) is 0 Å². The first kappa shape index (κ1) is 10.3. The maximum absolute atomic E-state index is 5.88. The Morgan fingerprint density at radius 2 is 1.67 bits per heavy atom. The van der Waals surface area contributed by atoms with Crippen LogP contribution in [-0.2, 0) is 0 Å². The zero-order valence-corrected chi connectivity index (χ0v) is 8.28. The molecule has 1 unspecified atom stereocenters. The number of rotatable bonds is 5. The van der Waals surface area contributed by atoms with Gasteiger partial charge in [0.15, 0.2) is 0 Å². The van der Waals surface area contributed by atoms with Crippen molar-refractivity contribution in [2.24, 2.45) is 0 Å². The van der Waals surface area contributed by atoms with Gasteiger partial charge < -0.3 is 0 Å². The number of halogens is 3. The lowest BCUT2D eigenvalue weighted by atomic mass is 10.6. The van der Waals surface area contributed by atoms with Crippen molar-refractivity contribution in [1.29, 1.82) is 0 Å². The Bertz CT molecular complexity index is 60.2. The molecule has 0 aliphatic rings. The van der Waals surface area contributed by atoms with E-state index in [1.165, 1.54) is 0 Å². The van der Waals surface area contributed by atoms with Gasteiger partial charge in [-0.2, -0.15) is 0 Å². The van der Waals surface area contributed by atoms with Crippen molar-refractivity contribution in [3.05, 3.63) is 0 Å². The van der Waals surface area contributed by atoms with E-state index in [0.29, 0.717) is 11.8 Å². The third-order valence-electron chi connectivity index (χ3n) is 0.862. The predicted octanol–water partition coefficient (Wildman–Crippen LogP) is 3.49. The Morgan fingerprint density at radius 1 is 1.00 bits per heavy atom. The molecule has 1 atom stereocenters. The Balaban J connectivity index is 2.95. The molecule has 0 saturated carbocycles. The van der Waals surface area contributed by atoms with Crippen LogP contribution in [0, 0.1) is 0 Å². The topological polar surface area (TPSA) is 0 Å². The smallest absolute Gasteiger partial charge is 0.0273 e. The van der Waals surface area contributed by atoms with Gasteiger partial charge in [-0.1, -0.05) is 11.2 Å². The van der Waals surface area contributed by atoms with E-state index in [2.05, 4.69) is 0 Å². The van der Waals surface area contributed by atoms with Crippen LogP contribution in [0.5, 0.6) is 0 Å². The third kappa shape index (κ3) is 7.19. The minimum Gasteiger partial charge on any atom is -0.127 e. The molecule has 0 aromatic rings. The second-order valence-electron chi connectivity index (χ2n) is 1.64. The maximum Gasteiger partial charge on any atom is 0.0273 e. The Hall–Kier alpha value is 1.30.